The Labute approximate surface area is 153 Å². The summed E-state index contributed by atoms with van der Waals surface area (Å²) in [6, 6.07) is 0. The highest BCUT2D eigenvalue weighted by atomic mass is 32.2. The molecular weight excluding hydrogens is 344 g/mol. The summed E-state index contributed by atoms with van der Waals surface area (Å²) in [6.07, 6.45) is 3.98. The van der Waals surface area contributed by atoms with Gasteiger partial charge in [-0.2, -0.15) is 0 Å². The van der Waals surface area contributed by atoms with Gasteiger partial charge in [-0.05, 0) is 12.5 Å². The topological polar surface area (TPSA) is 116 Å². The maximum atomic E-state index is 11.7. The molecule has 0 aliphatic heterocycles. The van der Waals surface area contributed by atoms with Crippen LogP contribution in [0.1, 0.15) is 40.0 Å². The number of rotatable bonds is 12. The first-order valence-corrected chi connectivity index (χ1v) is 9.39. The van der Waals surface area contributed by atoms with Gasteiger partial charge in [0.2, 0.25) is 16.9 Å². The average molecular weight is 375 g/mol. The molecule has 0 fully saturated rings. The Morgan fingerprint density at radius 1 is 1.20 bits per heavy atom. The normalized spacial score (nSPS) is 12.8. The molecule has 0 aliphatic carbocycles. The van der Waals surface area contributed by atoms with Crippen LogP contribution in [-0.4, -0.2) is 58.7 Å². The van der Waals surface area contributed by atoms with E-state index in [0.717, 1.165) is 24.6 Å². The van der Waals surface area contributed by atoms with Crippen LogP contribution in [0.2, 0.25) is 0 Å². The number of carbonyl (C=O) groups excluding carboxylic acids is 3. The Bertz CT molecular complexity index is 466. The number of hydrogen-bond donors (Lipinski definition) is 4. The zero-order chi connectivity index (χ0) is 19.3. The van der Waals surface area contributed by atoms with Crippen molar-refractivity contribution in [2.24, 2.45) is 5.41 Å². The third-order valence-corrected chi connectivity index (χ3v) is 4.25. The van der Waals surface area contributed by atoms with Gasteiger partial charge in [0, 0.05) is 30.7 Å². The van der Waals surface area contributed by atoms with E-state index in [4.69, 9.17) is 5.11 Å². The number of aliphatic hydroxyl groups excluding tert-OH is 2. The van der Waals surface area contributed by atoms with Gasteiger partial charge in [0.05, 0.1) is 6.61 Å². The number of hydrogen-bond acceptors (Lipinski definition) is 6. The highest BCUT2D eigenvalue weighted by Crippen LogP contribution is 2.19. The summed E-state index contributed by atoms with van der Waals surface area (Å²) in [4.78, 5) is 34.8. The van der Waals surface area contributed by atoms with Crippen molar-refractivity contribution in [1.82, 2.24) is 10.6 Å². The number of unbranched alkanes of at least 4 members (excludes halogenated alkanes) is 1. The highest BCUT2D eigenvalue weighted by molar-refractivity contribution is 8.14. The van der Waals surface area contributed by atoms with Gasteiger partial charge in [0.1, 0.15) is 6.10 Å². The molecule has 0 saturated carbocycles. The lowest BCUT2D eigenvalue weighted by Crippen LogP contribution is -2.46. The quantitative estimate of drug-likeness (QED) is 0.294. The van der Waals surface area contributed by atoms with Gasteiger partial charge in [0.15, 0.2) is 0 Å². The molecule has 0 aromatic rings. The molecule has 1 atom stereocenters. The predicted molar refractivity (Wildman–Crippen MR) is 99.0 cm³/mol. The van der Waals surface area contributed by atoms with Crippen LogP contribution in [0.25, 0.3) is 0 Å². The van der Waals surface area contributed by atoms with Crippen molar-refractivity contribution >= 4 is 28.7 Å². The minimum atomic E-state index is -1.34. The first-order chi connectivity index (χ1) is 11.7. The molecule has 25 heavy (non-hydrogen) atoms. The van der Waals surface area contributed by atoms with Gasteiger partial charge in [-0.25, -0.2) is 0 Å². The Morgan fingerprint density at radius 3 is 2.48 bits per heavy atom. The second-order valence-electron chi connectivity index (χ2n) is 6.30. The van der Waals surface area contributed by atoms with Gasteiger partial charge in [-0.1, -0.05) is 45.0 Å². The third-order valence-electron chi connectivity index (χ3n) is 3.43. The SMILES string of the molecule is CCC/C=C/C(=O)SCCNC(=O)CCNC(=O)[C@H](O)C(C)(C)CO. The van der Waals surface area contributed by atoms with Crippen LogP contribution >= 0.6 is 11.8 Å². The number of amides is 2. The summed E-state index contributed by atoms with van der Waals surface area (Å²) in [7, 11) is 0. The minimum absolute atomic E-state index is 0.0320. The Kier molecular flexibility index (Phi) is 12.2. The molecule has 0 heterocycles. The van der Waals surface area contributed by atoms with Crippen LogP contribution in [0.3, 0.4) is 0 Å². The number of aliphatic hydroxyl groups is 2. The van der Waals surface area contributed by atoms with Gasteiger partial charge in [-0.15, -0.1) is 0 Å². The van der Waals surface area contributed by atoms with Crippen LogP contribution in [0.4, 0.5) is 0 Å². The van der Waals surface area contributed by atoms with Crippen molar-refractivity contribution in [1.29, 1.82) is 0 Å². The molecule has 4 N–H and O–H groups in total. The van der Waals surface area contributed by atoms with Crippen LogP contribution in [0, 0.1) is 5.41 Å². The lowest BCUT2D eigenvalue weighted by atomic mass is 9.87. The summed E-state index contributed by atoms with van der Waals surface area (Å²) in [5, 5.41) is 24.0. The molecule has 0 saturated heterocycles. The van der Waals surface area contributed by atoms with Crippen molar-refractivity contribution < 1.29 is 24.6 Å². The zero-order valence-electron chi connectivity index (χ0n) is 15.2. The largest absolute Gasteiger partial charge is 0.396 e. The fraction of sp³-hybridized carbons (Fsp3) is 0.706. The van der Waals surface area contributed by atoms with E-state index in [-0.39, 0.29) is 30.6 Å². The number of carbonyl (C=O) groups is 3. The molecule has 7 nitrogen and oxygen atoms in total. The molecule has 0 rings (SSSR count). The van der Waals surface area contributed by atoms with E-state index in [1.807, 2.05) is 13.0 Å². The maximum Gasteiger partial charge on any atom is 0.249 e. The second-order valence-corrected chi connectivity index (χ2v) is 7.40. The van der Waals surface area contributed by atoms with E-state index in [2.05, 4.69) is 10.6 Å². The summed E-state index contributed by atoms with van der Waals surface area (Å²) in [5.74, 6) is -0.380. The molecule has 0 bridgehead atoms. The first-order valence-electron chi connectivity index (χ1n) is 8.41. The smallest absolute Gasteiger partial charge is 0.249 e. The predicted octanol–water partition coefficient (Wildman–Crippen LogP) is 0.604. The van der Waals surface area contributed by atoms with Crippen molar-refractivity contribution in [3.8, 4) is 0 Å². The molecule has 0 aliphatic rings. The fourth-order valence-electron chi connectivity index (χ4n) is 1.66. The average Bonchev–Trinajstić information content (AvgIpc) is 2.58. The van der Waals surface area contributed by atoms with Crippen molar-refractivity contribution in [3.05, 3.63) is 12.2 Å². The minimum Gasteiger partial charge on any atom is -0.396 e. The van der Waals surface area contributed by atoms with Gasteiger partial charge in [-0.3, -0.25) is 14.4 Å². The summed E-state index contributed by atoms with van der Waals surface area (Å²) >= 11 is 1.14. The van der Waals surface area contributed by atoms with E-state index in [1.165, 1.54) is 0 Å². The monoisotopic (exact) mass is 374 g/mol. The van der Waals surface area contributed by atoms with Crippen LogP contribution in [0.5, 0.6) is 0 Å². The fourth-order valence-corrected chi connectivity index (χ4v) is 2.26. The molecule has 0 aromatic heterocycles. The van der Waals surface area contributed by atoms with E-state index < -0.39 is 17.4 Å². The maximum absolute atomic E-state index is 11.7. The van der Waals surface area contributed by atoms with Crippen molar-refractivity contribution in [2.75, 3.05) is 25.4 Å². The van der Waals surface area contributed by atoms with E-state index in [9.17, 15) is 19.5 Å². The van der Waals surface area contributed by atoms with Crippen LogP contribution in [-0.2, 0) is 14.4 Å². The molecule has 0 radical (unpaired) electrons. The standard InChI is InChI=1S/C17H30N2O5S/c1-4-5-6-7-14(22)25-11-10-18-13(21)8-9-19-16(24)15(23)17(2,3)12-20/h6-7,15,20,23H,4-5,8-12H2,1-3H3,(H,18,21)(H,19,24)/b7-6+/t15-/m0/s1. The van der Waals surface area contributed by atoms with Crippen molar-refractivity contribution in [3.63, 3.8) is 0 Å². The summed E-state index contributed by atoms with van der Waals surface area (Å²) in [6.45, 7) is 5.31. The van der Waals surface area contributed by atoms with Crippen molar-refractivity contribution in [2.45, 2.75) is 46.1 Å². The number of allylic oxidation sites excluding steroid dienone is 1. The summed E-state index contributed by atoms with van der Waals surface area (Å²) < 4.78 is 0. The summed E-state index contributed by atoms with van der Waals surface area (Å²) in [5.41, 5.74) is -0.943. The van der Waals surface area contributed by atoms with Gasteiger partial charge in [0.25, 0.3) is 0 Å². The van der Waals surface area contributed by atoms with Gasteiger partial charge >= 0.3 is 0 Å². The Hall–Kier alpha value is -1.38. The lowest BCUT2D eigenvalue weighted by Gasteiger charge is -2.27. The molecular formula is C17H30N2O5S. The molecule has 0 spiro atoms. The van der Waals surface area contributed by atoms with Gasteiger partial charge < -0.3 is 20.8 Å². The Morgan fingerprint density at radius 2 is 1.88 bits per heavy atom. The van der Waals surface area contributed by atoms with Crippen LogP contribution in [0.15, 0.2) is 12.2 Å². The molecule has 144 valence electrons. The van der Waals surface area contributed by atoms with E-state index in [1.54, 1.807) is 19.9 Å². The molecule has 2 amide bonds. The lowest BCUT2D eigenvalue weighted by molar-refractivity contribution is -0.137. The number of nitrogens with one attached hydrogen (secondary N) is 2. The molecule has 0 unspecified atom stereocenters. The van der Waals surface area contributed by atoms with E-state index in [0.29, 0.717) is 12.3 Å². The molecule has 8 heteroatoms. The first kappa shape index (κ1) is 23.6. The second kappa shape index (κ2) is 12.9. The number of thioether (sulfide) groups is 1. The van der Waals surface area contributed by atoms with Crippen LogP contribution < -0.4 is 10.6 Å². The molecule has 0 aromatic carbocycles. The highest BCUT2D eigenvalue weighted by Gasteiger charge is 2.32. The van der Waals surface area contributed by atoms with E-state index >= 15 is 0 Å². The Balaban J connectivity index is 3.84. The zero-order valence-corrected chi connectivity index (χ0v) is 16.0. The third kappa shape index (κ3) is 11.0.